The summed E-state index contributed by atoms with van der Waals surface area (Å²) >= 11 is 1.90. The third kappa shape index (κ3) is 6.00. The Morgan fingerprint density at radius 2 is 1.86 bits per heavy atom. The molecule has 0 saturated heterocycles. The average Bonchev–Trinajstić information content (AvgIpc) is 3.10. The van der Waals surface area contributed by atoms with Gasteiger partial charge in [0.1, 0.15) is 29.9 Å². The van der Waals surface area contributed by atoms with Crippen molar-refractivity contribution in [2.75, 3.05) is 13.2 Å². The molecule has 0 N–H and O–H groups in total. The van der Waals surface area contributed by atoms with Crippen LogP contribution in [0.3, 0.4) is 0 Å². The van der Waals surface area contributed by atoms with Gasteiger partial charge in [0.15, 0.2) is 0 Å². The molecule has 196 valence electrons. The number of aromatic nitrogens is 2. The Labute approximate surface area is 226 Å². The highest BCUT2D eigenvalue weighted by molar-refractivity contribution is 14.1. The van der Waals surface area contributed by atoms with Gasteiger partial charge in [-0.05, 0) is 85.7 Å². The fraction of sp³-hybridized carbons (Fsp3) is 0.519. The van der Waals surface area contributed by atoms with Gasteiger partial charge in [-0.3, -0.25) is 4.90 Å². The SMILES string of the molecule is CC1Cc2c3cccn(COCC[Si](C)(C)C)c-3nc2C(c2c(F)cc(I)cc2F)N1CC(C)(C)F. The standard InChI is InChI=1S/C27H35F3IN3OSi/c1-17-12-20-19-8-7-9-33(16-35-10-11-36(4,5)6)26(19)32-24(20)25(34(17)15-27(2,3)30)23-21(28)13-18(31)14-22(23)29/h7-9,13-14,17,25H,10-12,15-16H2,1-6H3. The molecule has 0 aromatic heterocycles. The zero-order chi connectivity index (χ0) is 26.4. The highest BCUT2D eigenvalue weighted by Gasteiger charge is 2.42. The lowest BCUT2D eigenvalue weighted by molar-refractivity contribution is 0.0641. The van der Waals surface area contributed by atoms with E-state index in [1.54, 1.807) is 0 Å². The third-order valence-electron chi connectivity index (χ3n) is 6.66. The molecule has 1 aromatic carbocycles. The van der Waals surface area contributed by atoms with Crippen molar-refractivity contribution in [2.45, 2.75) is 77.4 Å². The zero-order valence-electron chi connectivity index (χ0n) is 21.8. The first kappa shape index (κ1) is 27.6. The molecule has 0 aliphatic carbocycles. The smallest absolute Gasteiger partial charge is 0.142 e. The van der Waals surface area contributed by atoms with Crippen LogP contribution in [0.2, 0.25) is 25.7 Å². The summed E-state index contributed by atoms with van der Waals surface area (Å²) in [6, 6.07) is 6.70. The molecule has 4 rings (SSSR count). The molecule has 4 nitrogen and oxygen atoms in total. The maximum Gasteiger partial charge on any atom is 0.142 e. The van der Waals surface area contributed by atoms with Crippen LogP contribution in [-0.2, 0) is 17.9 Å². The van der Waals surface area contributed by atoms with E-state index in [-0.39, 0.29) is 18.2 Å². The van der Waals surface area contributed by atoms with Gasteiger partial charge >= 0.3 is 0 Å². The van der Waals surface area contributed by atoms with Crippen molar-refractivity contribution in [3.8, 4) is 11.4 Å². The van der Waals surface area contributed by atoms with Crippen LogP contribution in [0.4, 0.5) is 13.2 Å². The summed E-state index contributed by atoms with van der Waals surface area (Å²) in [6.07, 6.45) is 2.54. The number of benzene rings is 1. The highest BCUT2D eigenvalue weighted by Crippen LogP contribution is 2.45. The molecular formula is C27H35F3IN3OSi. The number of pyridine rings is 1. The highest BCUT2D eigenvalue weighted by atomic mass is 127. The predicted molar refractivity (Wildman–Crippen MR) is 149 cm³/mol. The van der Waals surface area contributed by atoms with Crippen LogP contribution in [0.25, 0.3) is 11.4 Å². The minimum atomic E-state index is -1.55. The monoisotopic (exact) mass is 629 g/mol. The van der Waals surface area contributed by atoms with E-state index >= 15 is 8.78 Å². The minimum Gasteiger partial charge on any atom is -0.361 e. The summed E-state index contributed by atoms with van der Waals surface area (Å²) < 4.78 is 54.0. The Morgan fingerprint density at radius 1 is 1.19 bits per heavy atom. The molecule has 3 aliphatic heterocycles. The van der Waals surface area contributed by atoms with E-state index in [0.717, 1.165) is 23.0 Å². The lowest BCUT2D eigenvalue weighted by Gasteiger charge is -2.42. The summed E-state index contributed by atoms with van der Waals surface area (Å²) in [5, 5.41) is 0. The Kier molecular flexibility index (Phi) is 7.96. The van der Waals surface area contributed by atoms with Gasteiger partial charge in [0.05, 0.1) is 11.7 Å². The fourth-order valence-electron chi connectivity index (χ4n) is 4.93. The maximum atomic E-state index is 15.3. The molecule has 2 atom stereocenters. The van der Waals surface area contributed by atoms with E-state index in [1.165, 1.54) is 26.0 Å². The molecule has 0 amide bonds. The Bertz CT molecular complexity index is 1180. The molecule has 3 aliphatic rings. The zero-order valence-corrected chi connectivity index (χ0v) is 25.0. The molecule has 0 saturated carbocycles. The lowest BCUT2D eigenvalue weighted by atomic mass is 9.86. The average molecular weight is 630 g/mol. The van der Waals surface area contributed by atoms with Crippen molar-refractivity contribution < 1.29 is 17.9 Å². The number of nitrogens with zero attached hydrogens (tertiary/aromatic N) is 3. The molecular weight excluding hydrogens is 594 g/mol. The van der Waals surface area contributed by atoms with Crippen molar-refractivity contribution in [1.82, 2.24) is 14.5 Å². The van der Waals surface area contributed by atoms with Crippen LogP contribution in [0.15, 0.2) is 30.5 Å². The van der Waals surface area contributed by atoms with Crippen molar-refractivity contribution in [3.05, 3.63) is 62.5 Å². The van der Waals surface area contributed by atoms with E-state index in [2.05, 4.69) is 19.6 Å². The number of rotatable bonds is 8. The second-order valence-electron chi connectivity index (χ2n) is 11.7. The van der Waals surface area contributed by atoms with Crippen LogP contribution in [0.1, 0.15) is 43.6 Å². The summed E-state index contributed by atoms with van der Waals surface area (Å²) in [6.45, 7) is 13.0. The predicted octanol–water partition coefficient (Wildman–Crippen LogP) is 7.27. The van der Waals surface area contributed by atoms with Crippen molar-refractivity contribution in [2.24, 2.45) is 0 Å². The number of alkyl halides is 1. The molecule has 0 radical (unpaired) electrons. The van der Waals surface area contributed by atoms with Crippen LogP contribution in [0.5, 0.6) is 0 Å². The summed E-state index contributed by atoms with van der Waals surface area (Å²) in [4.78, 5) is 6.81. The number of halogens is 4. The van der Waals surface area contributed by atoms with Crippen LogP contribution in [0, 0.1) is 15.2 Å². The quantitative estimate of drug-likeness (QED) is 0.149. The molecule has 0 spiro atoms. The molecule has 2 unspecified atom stereocenters. The lowest BCUT2D eigenvalue weighted by Crippen LogP contribution is -2.48. The van der Waals surface area contributed by atoms with Gasteiger partial charge in [-0.2, -0.15) is 0 Å². The Balaban J connectivity index is 1.80. The van der Waals surface area contributed by atoms with Gasteiger partial charge in [0.25, 0.3) is 0 Å². The summed E-state index contributed by atoms with van der Waals surface area (Å²) in [7, 11) is -1.21. The normalized spacial score (nSPS) is 19.2. The van der Waals surface area contributed by atoms with Gasteiger partial charge < -0.3 is 9.30 Å². The molecule has 0 bridgehead atoms. The van der Waals surface area contributed by atoms with Crippen molar-refractivity contribution in [3.63, 3.8) is 0 Å². The summed E-state index contributed by atoms with van der Waals surface area (Å²) in [5.74, 6) is -0.554. The topological polar surface area (TPSA) is 30.3 Å². The van der Waals surface area contributed by atoms with E-state index in [1.807, 2.05) is 57.3 Å². The molecule has 1 aromatic rings. The van der Waals surface area contributed by atoms with Crippen molar-refractivity contribution >= 4 is 30.7 Å². The van der Waals surface area contributed by atoms with E-state index in [4.69, 9.17) is 9.72 Å². The van der Waals surface area contributed by atoms with E-state index < -0.39 is 31.4 Å². The largest absolute Gasteiger partial charge is 0.361 e. The van der Waals surface area contributed by atoms with Crippen LogP contribution < -0.4 is 0 Å². The van der Waals surface area contributed by atoms with Gasteiger partial charge in [-0.1, -0.05) is 19.6 Å². The second-order valence-corrected chi connectivity index (χ2v) is 18.5. The van der Waals surface area contributed by atoms with Crippen LogP contribution >= 0.6 is 22.6 Å². The number of hydrogen-bond donors (Lipinski definition) is 0. The second kappa shape index (κ2) is 10.4. The van der Waals surface area contributed by atoms with Gasteiger partial charge in [-0.15, -0.1) is 0 Å². The number of hydrogen-bond acceptors (Lipinski definition) is 3. The third-order valence-corrected chi connectivity index (χ3v) is 8.99. The first-order valence-electron chi connectivity index (χ1n) is 12.4. The van der Waals surface area contributed by atoms with E-state index in [9.17, 15) is 4.39 Å². The molecule has 3 heterocycles. The summed E-state index contributed by atoms with van der Waals surface area (Å²) in [5.41, 5.74) is 0.880. The minimum absolute atomic E-state index is 0.0339. The molecule has 9 heteroatoms. The van der Waals surface area contributed by atoms with Crippen LogP contribution in [-0.4, -0.2) is 47.4 Å². The molecule has 0 fully saturated rings. The first-order chi connectivity index (χ1) is 16.7. The Morgan fingerprint density at radius 3 is 2.47 bits per heavy atom. The molecule has 36 heavy (non-hydrogen) atoms. The Hall–Kier alpha value is -1.43. The van der Waals surface area contributed by atoms with Gasteiger partial charge in [0, 0.05) is 48.2 Å². The van der Waals surface area contributed by atoms with Gasteiger partial charge in [-0.25, -0.2) is 18.2 Å². The number of fused-ring (bicyclic) bond motifs is 3. The van der Waals surface area contributed by atoms with E-state index in [0.29, 0.717) is 29.0 Å². The number of ether oxygens (including phenoxy) is 1. The maximum absolute atomic E-state index is 15.3. The van der Waals surface area contributed by atoms with Crippen molar-refractivity contribution in [1.29, 1.82) is 0 Å². The fourth-order valence-corrected chi connectivity index (χ4v) is 6.23. The first-order valence-corrected chi connectivity index (χ1v) is 17.2. The van der Waals surface area contributed by atoms with Gasteiger partial charge in [0.2, 0.25) is 0 Å².